The Hall–Kier alpha value is -2.00. The van der Waals surface area contributed by atoms with Crippen molar-refractivity contribution in [3.8, 4) is 6.07 Å². The van der Waals surface area contributed by atoms with Crippen LogP contribution in [-0.2, 0) is 12.8 Å². The first-order valence-corrected chi connectivity index (χ1v) is 7.40. The highest BCUT2D eigenvalue weighted by atomic mass is 79.9. The number of anilines is 2. The normalized spacial score (nSPS) is 10.2. The molecule has 0 radical (unpaired) electrons. The van der Waals surface area contributed by atoms with Gasteiger partial charge in [0.05, 0.1) is 10.2 Å². The van der Waals surface area contributed by atoms with Gasteiger partial charge in [0.15, 0.2) is 5.82 Å². The van der Waals surface area contributed by atoms with Gasteiger partial charge in [-0.3, -0.25) is 0 Å². The van der Waals surface area contributed by atoms with E-state index in [0.717, 1.165) is 17.7 Å². The number of rotatable bonds is 4. The highest BCUT2D eigenvalue weighted by Crippen LogP contribution is 2.25. The number of nitrogens with zero attached hydrogens (tertiary/aromatic N) is 3. The first-order valence-electron chi connectivity index (χ1n) is 6.61. The maximum atomic E-state index is 13.5. The summed E-state index contributed by atoms with van der Waals surface area (Å²) in [6.45, 7) is 3.95. The summed E-state index contributed by atoms with van der Waals surface area (Å²) in [6.07, 6.45) is 1.42. The van der Waals surface area contributed by atoms with Crippen molar-refractivity contribution in [1.82, 2.24) is 10.2 Å². The average Bonchev–Trinajstić information content (AvgIpc) is 2.50. The molecule has 0 fully saturated rings. The van der Waals surface area contributed by atoms with E-state index in [9.17, 15) is 9.65 Å². The molecule has 1 aromatic heterocycles. The van der Waals surface area contributed by atoms with E-state index in [1.807, 2.05) is 13.8 Å². The van der Waals surface area contributed by atoms with Gasteiger partial charge in [0.1, 0.15) is 17.4 Å². The van der Waals surface area contributed by atoms with E-state index in [0.29, 0.717) is 28.0 Å². The molecule has 1 heterocycles. The Kier molecular flexibility index (Phi) is 4.86. The van der Waals surface area contributed by atoms with Crippen LogP contribution in [0.2, 0.25) is 0 Å². The first-order chi connectivity index (χ1) is 10.1. The van der Waals surface area contributed by atoms with Crippen LogP contribution in [0, 0.1) is 17.1 Å². The third kappa shape index (κ3) is 3.19. The van der Waals surface area contributed by atoms with E-state index in [1.165, 1.54) is 6.07 Å². The standard InChI is InChI=1S/C15H14BrFN4/c1-3-10-11(8-18)15(21-20-14(10)4-2)19-9-5-6-12(16)13(17)7-9/h5-7H,3-4H2,1-2H3,(H,19,21). The minimum absolute atomic E-state index is 0.355. The van der Waals surface area contributed by atoms with Gasteiger partial charge in [0.25, 0.3) is 0 Å². The molecule has 0 saturated heterocycles. The monoisotopic (exact) mass is 348 g/mol. The molecule has 108 valence electrons. The Labute approximate surface area is 131 Å². The second-order valence-corrected chi connectivity index (χ2v) is 5.28. The zero-order valence-corrected chi connectivity index (χ0v) is 13.3. The van der Waals surface area contributed by atoms with Gasteiger partial charge in [0, 0.05) is 5.69 Å². The summed E-state index contributed by atoms with van der Waals surface area (Å²) in [7, 11) is 0. The van der Waals surface area contributed by atoms with Gasteiger partial charge in [-0.25, -0.2) is 4.39 Å². The van der Waals surface area contributed by atoms with E-state index in [-0.39, 0.29) is 5.82 Å². The summed E-state index contributed by atoms with van der Waals surface area (Å²) in [6, 6.07) is 6.81. The Morgan fingerprint density at radius 3 is 2.62 bits per heavy atom. The second-order valence-electron chi connectivity index (χ2n) is 4.42. The van der Waals surface area contributed by atoms with Crippen molar-refractivity contribution in [2.75, 3.05) is 5.32 Å². The lowest BCUT2D eigenvalue weighted by Gasteiger charge is -2.12. The van der Waals surface area contributed by atoms with Crippen LogP contribution in [0.25, 0.3) is 0 Å². The SMILES string of the molecule is CCc1nnc(Nc2ccc(Br)c(F)c2)c(C#N)c1CC. The average molecular weight is 349 g/mol. The molecule has 0 aliphatic carbocycles. The second kappa shape index (κ2) is 6.64. The van der Waals surface area contributed by atoms with Gasteiger partial charge in [-0.2, -0.15) is 10.4 Å². The van der Waals surface area contributed by atoms with Crippen molar-refractivity contribution in [2.45, 2.75) is 26.7 Å². The third-order valence-electron chi connectivity index (χ3n) is 3.14. The van der Waals surface area contributed by atoms with Crippen LogP contribution in [0.4, 0.5) is 15.9 Å². The van der Waals surface area contributed by atoms with Gasteiger partial charge in [-0.05, 0) is 52.5 Å². The van der Waals surface area contributed by atoms with Crippen LogP contribution in [0.5, 0.6) is 0 Å². The van der Waals surface area contributed by atoms with E-state index in [1.54, 1.807) is 12.1 Å². The number of aromatic nitrogens is 2. The smallest absolute Gasteiger partial charge is 0.171 e. The quantitative estimate of drug-likeness (QED) is 0.902. The third-order valence-corrected chi connectivity index (χ3v) is 3.78. The van der Waals surface area contributed by atoms with Crippen LogP contribution >= 0.6 is 15.9 Å². The molecule has 6 heteroatoms. The molecule has 0 unspecified atom stereocenters. The predicted octanol–water partition coefficient (Wildman–Crippen LogP) is 4.12. The Bertz CT molecular complexity index is 710. The van der Waals surface area contributed by atoms with Crippen molar-refractivity contribution in [2.24, 2.45) is 0 Å². The van der Waals surface area contributed by atoms with Crippen molar-refractivity contribution in [3.05, 3.63) is 45.3 Å². The fraction of sp³-hybridized carbons (Fsp3) is 0.267. The maximum Gasteiger partial charge on any atom is 0.171 e. The molecular weight excluding hydrogens is 335 g/mol. The van der Waals surface area contributed by atoms with E-state index >= 15 is 0 Å². The van der Waals surface area contributed by atoms with Crippen LogP contribution < -0.4 is 5.32 Å². The van der Waals surface area contributed by atoms with Gasteiger partial charge >= 0.3 is 0 Å². The minimum atomic E-state index is -0.382. The fourth-order valence-electron chi connectivity index (χ4n) is 2.09. The van der Waals surface area contributed by atoms with Crippen LogP contribution in [0.15, 0.2) is 22.7 Å². The Balaban J connectivity index is 2.44. The molecule has 0 amide bonds. The molecule has 0 spiro atoms. The first kappa shape index (κ1) is 15.4. The largest absolute Gasteiger partial charge is 0.338 e. The molecule has 2 rings (SSSR count). The number of benzene rings is 1. The highest BCUT2D eigenvalue weighted by molar-refractivity contribution is 9.10. The van der Waals surface area contributed by atoms with Crippen LogP contribution in [-0.4, -0.2) is 10.2 Å². The topological polar surface area (TPSA) is 61.6 Å². The summed E-state index contributed by atoms with van der Waals surface area (Å²) < 4.78 is 13.9. The summed E-state index contributed by atoms with van der Waals surface area (Å²) in [5.41, 5.74) is 2.69. The van der Waals surface area contributed by atoms with Crippen molar-refractivity contribution in [1.29, 1.82) is 5.26 Å². The molecule has 4 nitrogen and oxygen atoms in total. The molecular formula is C15H14BrFN4. The molecule has 1 aromatic carbocycles. The molecule has 0 atom stereocenters. The fourth-order valence-corrected chi connectivity index (χ4v) is 2.34. The molecule has 1 N–H and O–H groups in total. The predicted molar refractivity (Wildman–Crippen MR) is 82.9 cm³/mol. The van der Waals surface area contributed by atoms with E-state index in [2.05, 4.69) is 37.5 Å². The molecule has 2 aromatic rings. The van der Waals surface area contributed by atoms with Gasteiger partial charge in [-0.15, -0.1) is 5.10 Å². The van der Waals surface area contributed by atoms with Crippen molar-refractivity contribution in [3.63, 3.8) is 0 Å². The van der Waals surface area contributed by atoms with Crippen molar-refractivity contribution >= 4 is 27.4 Å². The minimum Gasteiger partial charge on any atom is -0.338 e. The number of hydrogen-bond donors (Lipinski definition) is 1. The molecule has 0 aliphatic heterocycles. The lowest BCUT2D eigenvalue weighted by molar-refractivity contribution is 0.622. The molecule has 21 heavy (non-hydrogen) atoms. The highest BCUT2D eigenvalue weighted by Gasteiger charge is 2.14. The zero-order chi connectivity index (χ0) is 15.4. The van der Waals surface area contributed by atoms with Gasteiger partial charge < -0.3 is 5.32 Å². The summed E-state index contributed by atoms with van der Waals surface area (Å²) >= 11 is 3.10. The van der Waals surface area contributed by atoms with Gasteiger partial charge in [0.2, 0.25) is 0 Å². The maximum absolute atomic E-state index is 13.5. The zero-order valence-electron chi connectivity index (χ0n) is 11.7. The number of hydrogen-bond acceptors (Lipinski definition) is 4. The van der Waals surface area contributed by atoms with E-state index < -0.39 is 0 Å². The molecule has 0 bridgehead atoms. The summed E-state index contributed by atoms with van der Waals surface area (Å²) in [5.74, 6) is -0.0272. The summed E-state index contributed by atoms with van der Waals surface area (Å²) in [4.78, 5) is 0. The number of aryl methyl sites for hydroxylation is 1. The lowest BCUT2D eigenvalue weighted by Crippen LogP contribution is -2.07. The summed E-state index contributed by atoms with van der Waals surface area (Å²) in [5, 5.41) is 20.6. The Morgan fingerprint density at radius 2 is 2.05 bits per heavy atom. The van der Waals surface area contributed by atoms with Crippen LogP contribution in [0.1, 0.15) is 30.7 Å². The van der Waals surface area contributed by atoms with Crippen LogP contribution in [0.3, 0.4) is 0 Å². The Morgan fingerprint density at radius 1 is 1.29 bits per heavy atom. The van der Waals surface area contributed by atoms with Crippen molar-refractivity contribution < 1.29 is 4.39 Å². The lowest BCUT2D eigenvalue weighted by atomic mass is 10.0. The number of nitrogens with one attached hydrogen (secondary N) is 1. The molecule has 0 saturated carbocycles. The number of nitriles is 1. The molecule has 0 aliphatic rings. The van der Waals surface area contributed by atoms with Gasteiger partial charge in [-0.1, -0.05) is 13.8 Å². The number of halogens is 2. The van der Waals surface area contributed by atoms with E-state index in [4.69, 9.17) is 0 Å².